The van der Waals surface area contributed by atoms with E-state index in [1.807, 2.05) is 35.2 Å². The summed E-state index contributed by atoms with van der Waals surface area (Å²) >= 11 is 0. The number of nitrogens with one attached hydrogen (secondary N) is 1. The first kappa shape index (κ1) is 21.2. The molecule has 31 heavy (non-hydrogen) atoms. The molecule has 1 fully saturated rings. The number of aromatic nitrogens is 2. The molecule has 1 saturated heterocycles. The minimum Gasteiger partial charge on any atom is -0.497 e. The monoisotopic (exact) mass is 420 g/mol. The third-order valence-corrected chi connectivity index (χ3v) is 5.89. The van der Waals surface area contributed by atoms with E-state index in [2.05, 4.69) is 41.9 Å². The van der Waals surface area contributed by atoms with Crippen molar-refractivity contribution in [3.8, 4) is 5.75 Å². The number of amides is 2. The van der Waals surface area contributed by atoms with Crippen LogP contribution in [-0.2, 0) is 13.0 Å². The first-order valence-corrected chi connectivity index (χ1v) is 11.2. The Bertz CT molecular complexity index is 1030. The van der Waals surface area contributed by atoms with E-state index in [-0.39, 0.29) is 12.1 Å². The number of hydrogen-bond donors (Lipinski definition) is 1. The van der Waals surface area contributed by atoms with Crippen LogP contribution >= 0.6 is 0 Å². The average molecular weight is 421 g/mol. The molecule has 1 aliphatic heterocycles. The molecule has 1 aliphatic rings. The maximum absolute atomic E-state index is 13.0. The molecule has 1 atom stereocenters. The second-order valence-electron chi connectivity index (χ2n) is 8.64. The van der Waals surface area contributed by atoms with Gasteiger partial charge in [-0.3, -0.25) is 0 Å². The number of carbonyl (C=O) groups excluding carboxylic acids is 1. The molecule has 2 amide bonds. The molecule has 0 bridgehead atoms. The van der Waals surface area contributed by atoms with Gasteiger partial charge in [0.05, 0.1) is 24.2 Å². The average Bonchev–Trinajstić information content (AvgIpc) is 3.39. The van der Waals surface area contributed by atoms with Gasteiger partial charge in [-0.05, 0) is 55.0 Å². The summed E-state index contributed by atoms with van der Waals surface area (Å²) in [5.74, 6) is 2.36. The second kappa shape index (κ2) is 9.41. The third kappa shape index (κ3) is 4.68. The number of rotatable bonds is 7. The Morgan fingerprint density at radius 3 is 2.71 bits per heavy atom. The fourth-order valence-electron chi connectivity index (χ4n) is 4.39. The standard InChI is InChI=1S/C25H32N4O2/c1-18(2)17-29-22-8-5-4-7-21(22)27-24(29)23-9-6-16-28(23)25(30)26-15-14-19-10-12-20(31-3)13-11-19/h4-5,7-8,10-13,18,23H,6,9,14-17H2,1-3H3,(H,26,30)/t23-/m0/s1. The summed E-state index contributed by atoms with van der Waals surface area (Å²) in [7, 11) is 1.66. The summed E-state index contributed by atoms with van der Waals surface area (Å²) in [6.45, 7) is 6.72. The Morgan fingerprint density at radius 1 is 1.19 bits per heavy atom. The molecule has 6 nitrogen and oxygen atoms in total. The molecule has 0 unspecified atom stereocenters. The van der Waals surface area contributed by atoms with E-state index in [0.717, 1.165) is 55.0 Å². The van der Waals surface area contributed by atoms with Gasteiger partial charge >= 0.3 is 6.03 Å². The summed E-state index contributed by atoms with van der Waals surface area (Å²) < 4.78 is 7.52. The molecule has 6 heteroatoms. The normalized spacial score (nSPS) is 16.3. The number of benzene rings is 2. The smallest absolute Gasteiger partial charge is 0.318 e. The molecule has 0 saturated carbocycles. The predicted octanol–water partition coefficient (Wildman–Crippen LogP) is 4.79. The lowest BCUT2D eigenvalue weighted by atomic mass is 10.1. The van der Waals surface area contributed by atoms with Gasteiger partial charge in [-0.25, -0.2) is 9.78 Å². The Balaban J connectivity index is 1.46. The highest BCUT2D eigenvalue weighted by atomic mass is 16.5. The van der Waals surface area contributed by atoms with Crippen molar-refractivity contribution in [3.63, 3.8) is 0 Å². The summed E-state index contributed by atoms with van der Waals surface area (Å²) in [4.78, 5) is 19.9. The van der Waals surface area contributed by atoms with Crippen molar-refractivity contribution < 1.29 is 9.53 Å². The van der Waals surface area contributed by atoms with Crippen molar-refractivity contribution in [1.29, 1.82) is 0 Å². The van der Waals surface area contributed by atoms with Gasteiger partial charge in [-0.2, -0.15) is 0 Å². The van der Waals surface area contributed by atoms with Crippen molar-refractivity contribution in [1.82, 2.24) is 19.8 Å². The van der Waals surface area contributed by atoms with Gasteiger partial charge in [0.2, 0.25) is 0 Å². The van der Waals surface area contributed by atoms with Gasteiger partial charge in [0, 0.05) is 19.6 Å². The van der Waals surface area contributed by atoms with Gasteiger partial charge in [0.25, 0.3) is 0 Å². The molecule has 1 N–H and O–H groups in total. The number of methoxy groups -OCH3 is 1. The van der Waals surface area contributed by atoms with E-state index in [0.29, 0.717) is 12.5 Å². The number of urea groups is 1. The minimum atomic E-state index is -0.000773. The van der Waals surface area contributed by atoms with Crippen LogP contribution in [0.4, 0.5) is 4.79 Å². The van der Waals surface area contributed by atoms with Gasteiger partial charge in [0.15, 0.2) is 0 Å². The van der Waals surface area contributed by atoms with Crippen LogP contribution in [0, 0.1) is 5.92 Å². The molecule has 0 spiro atoms. The molecule has 0 radical (unpaired) electrons. The molecule has 2 heterocycles. The van der Waals surface area contributed by atoms with Crippen LogP contribution in [0.2, 0.25) is 0 Å². The van der Waals surface area contributed by atoms with Crippen molar-refractivity contribution in [2.45, 2.75) is 45.7 Å². The van der Waals surface area contributed by atoms with Gasteiger partial charge in [-0.15, -0.1) is 0 Å². The molecule has 2 aromatic carbocycles. The highest BCUT2D eigenvalue weighted by Crippen LogP contribution is 2.33. The largest absolute Gasteiger partial charge is 0.497 e. The van der Waals surface area contributed by atoms with Crippen LogP contribution in [0.5, 0.6) is 5.75 Å². The van der Waals surface area contributed by atoms with Crippen LogP contribution in [0.25, 0.3) is 11.0 Å². The quantitative estimate of drug-likeness (QED) is 0.598. The third-order valence-electron chi connectivity index (χ3n) is 5.89. The van der Waals surface area contributed by atoms with Crippen LogP contribution < -0.4 is 10.1 Å². The number of para-hydroxylation sites is 2. The topological polar surface area (TPSA) is 59.4 Å². The second-order valence-corrected chi connectivity index (χ2v) is 8.64. The first-order chi connectivity index (χ1) is 15.1. The Morgan fingerprint density at radius 2 is 1.97 bits per heavy atom. The van der Waals surface area contributed by atoms with Gasteiger partial charge in [0.1, 0.15) is 11.6 Å². The summed E-state index contributed by atoms with van der Waals surface area (Å²) in [5.41, 5.74) is 3.33. The number of likely N-dealkylation sites (tertiary alicyclic amines) is 1. The van der Waals surface area contributed by atoms with E-state index in [1.54, 1.807) is 7.11 Å². The Labute approximate surface area is 184 Å². The van der Waals surface area contributed by atoms with Crippen LogP contribution in [0.15, 0.2) is 48.5 Å². The molecular weight excluding hydrogens is 388 g/mol. The number of ether oxygens (including phenoxy) is 1. The van der Waals surface area contributed by atoms with E-state index < -0.39 is 0 Å². The number of imidazole rings is 1. The minimum absolute atomic E-state index is 0.000773. The summed E-state index contributed by atoms with van der Waals surface area (Å²) in [6, 6.07) is 16.3. The van der Waals surface area contributed by atoms with E-state index in [4.69, 9.17) is 9.72 Å². The zero-order valence-corrected chi connectivity index (χ0v) is 18.7. The summed E-state index contributed by atoms with van der Waals surface area (Å²) in [6.07, 6.45) is 2.74. The van der Waals surface area contributed by atoms with Crippen molar-refractivity contribution in [3.05, 3.63) is 59.9 Å². The fourth-order valence-corrected chi connectivity index (χ4v) is 4.39. The van der Waals surface area contributed by atoms with Crippen molar-refractivity contribution in [2.75, 3.05) is 20.2 Å². The maximum Gasteiger partial charge on any atom is 0.318 e. The fraction of sp³-hybridized carbons (Fsp3) is 0.440. The lowest BCUT2D eigenvalue weighted by Gasteiger charge is -2.26. The zero-order chi connectivity index (χ0) is 21.8. The first-order valence-electron chi connectivity index (χ1n) is 11.2. The number of hydrogen-bond acceptors (Lipinski definition) is 3. The highest BCUT2D eigenvalue weighted by molar-refractivity contribution is 5.77. The zero-order valence-electron chi connectivity index (χ0n) is 18.7. The van der Waals surface area contributed by atoms with Crippen LogP contribution in [0.1, 0.15) is 44.1 Å². The molecule has 3 aromatic rings. The lowest BCUT2D eigenvalue weighted by Crippen LogP contribution is -2.41. The molecule has 164 valence electrons. The van der Waals surface area contributed by atoms with Crippen LogP contribution in [0.3, 0.4) is 0 Å². The SMILES string of the molecule is COc1ccc(CCNC(=O)N2CCC[C@H]2c2nc3ccccc3n2CC(C)C)cc1. The lowest BCUT2D eigenvalue weighted by molar-refractivity contribution is 0.190. The Hall–Kier alpha value is -3.02. The number of carbonyl (C=O) groups is 1. The van der Waals surface area contributed by atoms with Gasteiger partial charge < -0.3 is 19.5 Å². The molecule has 0 aliphatic carbocycles. The van der Waals surface area contributed by atoms with E-state index in [1.165, 1.54) is 5.56 Å². The number of fused-ring (bicyclic) bond motifs is 1. The molecular formula is C25H32N4O2. The van der Waals surface area contributed by atoms with Crippen LogP contribution in [-0.4, -0.2) is 40.7 Å². The maximum atomic E-state index is 13.0. The predicted molar refractivity (Wildman–Crippen MR) is 123 cm³/mol. The van der Waals surface area contributed by atoms with Crippen molar-refractivity contribution >= 4 is 17.1 Å². The molecule has 4 rings (SSSR count). The highest BCUT2D eigenvalue weighted by Gasteiger charge is 2.33. The summed E-state index contributed by atoms with van der Waals surface area (Å²) in [5, 5.41) is 3.11. The number of nitrogens with zero attached hydrogens (tertiary/aromatic N) is 3. The van der Waals surface area contributed by atoms with Gasteiger partial charge in [-0.1, -0.05) is 38.1 Å². The van der Waals surface area contributed by atoms with E-state index >= 15 is 0 Å². The molecule has 1 aromatic heterocycles. The Kier molecular flexibility index (Phi) is 6.44. The van der Waals surface area contributed by atoms with Crippen molar-refractivity contribution in [2.24, 2.45) is 5.92 Å². The van der Waals surface area contributed by atoms with E-state index in [9.17, 15) is 4.79 Å².